The molecule has 158 valence electrons. The molecule has 0 spiro atoms. The molecule has 30 heavy (non-hydrogen) atoms. The molecule has 2 N–H and O–H groups in total. The Morgan fingerprint density at radius 2 is 1.67 bits per heavy atom. The van der Waals surface area contributed by atoms with Crippen molar-refractivity contribution in [1.82, 2.24) is 10.9 Å². The van der Waals surface area contributed by atoms with E-state index < -0.39 is 17.7 Å². The van der Waals surface area contributed by atoms with Crippen LogP contribution in [0.4, 0.5) is 5.69 Å². The predicted octanol–water partition coefficient (Wildman–Crippen LogP) is 2.24. The van der Waals surface area contributed by atoms with Crippen molar-refractivity contribution in [3.8, 4) is 11.5 Å². The van der Waals surface area contributed by atoms with Crippen LogP contribution in [0, 0.1) is 5.92 Å². The fraction of sp³-hybridized carbons (Fsp3) is 0.286. The molecule has 2 aromatic rings. The topological polar surface area (TPSA) is 97.0 Å². The van der Waals surface area contributed by atoms with E-state index in [0.717, 1.165) is 10.6 Å². The van der Waals surface area contributed by atoms with Gasteiger partial charge in [-0.15, -0.1) is 11.8 Å². The Morgan fingerprint density at radius 1 is 1.03 bits per heavy atom. The third-order valence-electron chi connectivity index (χ3n) is 4.79. The zero-order valence-corrected chi connectivity index (χ0v) is 17.7. The Hall–Kier alpha value is -3.20. The van der Waals surface area contributed by atoms with Gasteiger partial charge in [0.15, 0.2) is 0 Å². The molecule has 1 aliphatic rings. The van der Waals surface area contributed by atoms with Crippen molar-refractivity contribution in [2.45, 2.75) is 11.3 Å². The summed E-state index contributed by atoms with van der Waals surface area (Å²) in [5.41, 5.74) is 5.81. The van der Waals surface area contributed by atoms with Gasteiger partial charge in [0, 0.05) is 35.2 Å². The molecule has 3 rings (SSSR count). The maximum atomic E-state index is 12.5. The van der Waals surface area contributed by atoms with Gasteiger partial charge in [0.2, 0.25) is 11.8 Å². The normalized spacial score (nSPS) is 15.6. The molecule has 8 nitrogen and oxygen atoms in total. The average Bonchev–Trinajstić information content (AvgIpc) is 3.18. The lowest BCUT2D eigenvalue weighted by atomic mass is 10.1. The number of anilines is 1. The number of methoxy groups -OCH3 is 2. The third kappa shape index (κ3) is 4.85. The Balaban J connectivity index is 1.60. The number of carbonyl (C=O) groups is 3. The fourth-order valence-electron chi connectivity index (χ4n) is 3.13. The number of hydrogen-bond acceptors (Lipinski definition) is 6. The van der Waals surface area contributed by atoms with Gasteiger partial charge in [-0.1, -0.05) is 0 Å². The van der Waals surface area contributed by atoms with Crippen LogP contribution in [0.1, 0.15) is 16.8 Å². The lowest BCUT2D eigenvalue weighted by Gasteiger charge is -2.17. The summed E-state index contributed by atoms with van der Waals surface area (Å²) < 4.78 is 10.3. The first kappa shape index (κ1) is 21.5. The van der Waals surface area contributed by atoms with E-state index in [1.54, 1.807) is 22.7 Å². The van der Waals surface area contributed by atoms with Crippen LogP contribution in [0.2, 0.25) is 0 Å². The number of benzene rings is 2. The molecule has 0 radical (unpaired) electrons. The van der Waals surface area contributed by atoms with Crippen LogP contribution >= 0.6 is 11.8 Å². The molecule has 9 heteroatoms. The zero-order chi connectivity index (χ0) is 21.7. The maximum absolute atomic E-state index is 12.5. The molecule has 1 aliphatic heterocycles. The molecule has 1 atom stereocenters. The van der Waals surface area contributed by atoms with E-state index in [9.17, 15) is 14.4 Å². The summed E-state index contributed by atoms with van der Waals surface area (Å²) in [6.07, 6.45) is 2.06. The highest BCUT2D eigenvalue weighted by molar-refractivity contribution is 7.98. The Bertz CT molecular complexity index is 926. The minimum Gasteiger partial charge on any atom is -0.497 e. The smallest absolute Gasteiger partial charge is 0.269 e. The fourth-order valence-corrected chi connectivity index (χ4v) is 3.53. The van der Waals surface area contributed by atoms with E-state index in [0.29, 0.717) is 11.5 Å². The van der Waals surface area contributed by atoms with Crippen molar-refractivity contribution in [2.75, 3.05) is 31.9 Å². The number of carbonyl (C=O) groups excluding carboxylic acids is 3. The molecule has 0 aliphatic carbocycles. The molecule has 1 saturated heterocycles. The summed E-state index contributed by atoms with van der Waals surface area (Å²) in [6, 6.07) is 12.3. The quantitative estimate of drug-likeness (QED) is 0.540. The number of nitrogens with one attached hydrogen (secondary N) is 2. The highest BCUT2D eigenvalue weighted by atomic mass is 32.2. The van der Waals surface area contributed by atoms with Crippen molar-refractivity contribution >= 4 is 35.2 Å². The largest absolute Gasteiger partial charge is 0.497 e. The molecule has 2 aromatic carbocycles. The van der Waals surface area contributed by atoms with Crippen LogP contribution in [-0.4, -0.2) is 44.7 Å². The standard InChI is InChI=1S/C21H23N3O5S/c1-28-16-8-13(9-17(11-16)29-2)20(26)22-23-21(27)14-10-19(25)24(12-14)15-4-6-18(30-3)7-5-15/h4-9,11,14H,10,12H2,1-3H3,(H,22,26)(H,23,27)/t14-/m1/s1. The summed E-state index contributed by atoms with van der Waals surface area (Å²) in [6.45, 7) is 0.256. The average molecular weight is 429 g/mol. The van der Waals surface area contributed by atoms with Crippen molar-refractivity contribution in [3.05, 3.63) is 48.0 Å². The summed E-state index contributed by atoms with van der Waals surface area (Å²) in [5.74, 6) is -0.719. The predicted molar refractivity (Wildman–Crippen MR) is 114 cm³/mol. The second-order valence-corrected chi connectivity index (χ2v) is 7.53. The number of thioether (sulfide) groups is 1. The van der Waals surface area contributed by atoms with Gasteiger partial charge >= 0.3 is 0 Å². The highest BCUT2D eigenvalue weighted by Gasteiger charge is 2.35. The maximum Gasteiger partial charge on any atom is 0.269 e. The molecule has 1 heterocycles. The van der Waals surface area contributed by atoms with E-state index in [-0.39, 0.29) is 24.4 Å². The summed E-state index contributed by atoms with van der Waals surface area (Å²) >= 11 is 1.61. The van der Waals surface area contributed by atoms with Crippen LogP contribution in [0.5, 0.6) is 11.5 Å². The second kappa shape index (κ2) is 9.53. The van der Waals surface area contributed by atoms with E-state index in [1.165, 1.54) is 26.4 Å². The Kier molecular flexibility index (Phi) is 6.83. The molecule has 0 unspecified atom stereocenters. The first-order valence-electron chi connectivity index (χ1n) is 9.23. The van der Waals surface area contributed by atoms with Crippen molar-refractivity contribution in [1.29, 1.82) is 0 Å². The van der Waals surface area contributed by atoms with E-state index in [1.807, 2.05) is 30.5 Å². The number of hydrazine groups is 1. The minimum absolute atomic E-state index is 0.0823. The monoisotopic (exact) mass is 429 g/mol. The van der Waals surface area contributed by atoms with Gasteiger partial charge in [0.1, 0.15) is 11.5 Å². The van der Waals surface area contributed by atoms with Gasteiger partial charge in [-0.3, -0.25) is 25.2 Å². The van der Waals surface area contributed by atoms with Crippen molar-refractivity contribution in [2.24, 2.45) is 5.92 Å². The van der Waals surface area contributed by atoms with Crippen molar-refractivity contribution < 1.29 is 23.9 Å². The first-order valence-corrected chi connectivity index (χ1v) is 10.4. The molecule has 3 amide bonds. The van der Waals surface area contributed by atoms with Crippen LogP contribution in [0.15, 0.2) is 47.4 Å². The van der Waals surface area contributed by atoms with Crippen LogP contribution in [-0.2, 0) is 9.59 Å². The molecule has 0 aromatic heterocycles. The summed E-state index contributed by atoms with van der Waals surface area (Å²) in [4.78, 5) is 39.9. The third-order valence-corrected chi connectivity index (χ3v) is 5.54. The van der Waals surface area contributed by atoms with Gasteiger partial charge in [-0.25, -0.2) is 0 Å². The molecule has 0 saturated carbocycles. The van der Waals surface area contributed by atoms with Crippen LogP contribution < -0.4 is 25.2 Å². The number of hydrogen-bond donors (Lipinski definition) is 2. The Labute approximate surface area is 178 Å². The van der Waals surface area contributed by atoms with Crippen LogP contribution in [0.25, 0.3) is 0 Å². The van der Waals surface area contributed by atoms with Crippen molar-refractivity contribution in [3.63, 3.8) is 0 Å². The molecular formula is C21H23N3O5S. The second-order valence-electron chi connectivity index (χ2n) is 6.65. The number of ether oxygens (including phenoxy) is 2. The van der Waals surface area contributed by atoms with Gasteiger partial charge in [-0.05, 0) is 42.7 Å². The number of nitrogens with zero attached hydrogens (tertiary/aromatic N) is 1. The number of amides is 3. The van der Waals surface area contributed by atoms with E-state index in [4.69, 9.17) is 9.47 Å². The lowest BCUT2D eigenvalue weighted by Crippen LogP contribution is -2.45. The van der Waals surface area contributed by atoms with Crippen LogP contribution in [0.3, 0.4) is 0 Å². The van der Waals surface area contributed by atoms with Gasteiger partial charge in [0.05, 0.1) is 20.1 Å². The Morgan fingerprint density at radius 3 is 2.23 bits per heavy atom. The SMILES string of the molecule is COc1cc(OC)cc(C(=O)NNC(=O)[C@@H]2CC(=O)N(c3ccc(SC)cc3)C2)c1. The lowest BCUT2D eigenvalue weighted by molar-refractivity contribution is -0.126. The van der Waals surface area contributed by atoms with Gasteiger partial charge in [0.25, 0.3) is 5.91 Å². The van der Waals surface area contributed by atoms with E-state index in [2.05, 4.69) is 10.9 Å². The molecular weight excluding hydrogens is 406 g/mol. The highest BCUT2D eigenvalue weighted by Crippen LogP contribution is 2.27. The van der Waals surface area contributed by atoms with Gasteiger partial charge in [-0.2, -0.15) is 0 Å². The number of rotatable bonds is 6. The summed E-state index contributed by atoms with van der Waals surface area (Å²) in [5, 5.41) is 0. The summed E-state index contributed by atoms with van der Waals surface area (Å²) in [7, 11) is 2.96. The molecule has 0 bridgehead atoms. The molecule has 1 fully saturated rings. The minimum atomic E-state index is -0.558. The van der Waals surface area contributed by atoms with E-state index >= 15 is 0 Å². The van der Waals surface area contributed by atoms with Gasteiger partial charge < -0.3 is 14.4 Å². The first-order chi connectivity index (χ1) is 14.4. The zero-order valence-electron chi connectivity index (χ0n) is 16.9.